The molecule has 1 heterocycles. The van der Waals surface area contributed by atoms with Gasteiger partial charge in [0.25, 0.3) is 0 Å². The van der Waals surface area contributed by atoms with Crippen molar-refractivity contribution in [3.05, 3.63) is 34.0 Å². The predicted molar refractivity (Wildman–Crippen MR) is 68.2 cm³/mol. The number of fused-ring (bicyclic) bond motifs is 1. The summed E-state index contributed by atoms with van der Waals surface area (Å²) in [7, 11) is -5.42. The number of nitrogens with zero attached hydrogens (tertiary/aromatic N) is 1. The molecule has 0 saturated heterocycles. The van der Waals surface area contributed by atoms with Crippen LogP contribution in [-0.4, -0.2) is 26.2 Å². The predicted octanol–water partition coefficient (Wildman–Crippen LogP) is 2.37. The second-order valence-electron chi connectivity index (χ2n) is 3.87. The van der Waals surface area contributed by atoms with Crippen molar-refractivity contribution in [1.29, 1.82) is 0 Å². The van der Waals surface area contributed by atoms with Crippen molar-refractivity contribution in [2.75, 3.05) is 0 Å². The lowest BCUT2D eigenvalue weighted by atomic mass is 9.95. The molecule has 19 heavy (non-hydrogen) atoms. The highest BCUT2D eigenvalue weighted by molar-refractivity contribution is 9.11. The Balaban J connectivity index is 2.33. The third-order valence-corrected chi connectivity index (χ3v) is 4.21. The number of sulfonamides is 1. The van der Waals surface area contributed by atoms with Crippen molar-refractivity contribution in [3.8, 4) is 0 Å². The minimum absolute atomic E-state index is 0.109. The van der Waals surface area contributed by atoms with Crippen LogP contribution in [0.3, 0.4) is 0 Å². The summed E-state index contributed by atoms with van der Waals surface area (Å²) in [5.41, 5.74) is -5.05. The molecule has 0 aromatic rings. The van der Waals surface area contributed by atoms with E-state index in [1.165, 1.54) is 12.3 Å². The summed E-state index contributed by atoms with van der Waals surface area (Å²) in [6, 6.07) is -0.364. The van der Waals surface area contributed by atoms with Gasteiger partial charge < -0.3 is 0 Å². The molecule has 1 N–H and O–H groups in total. The Morgan fingerprint density at radius 2 is 2.11 bits per heavy atom. The number of halogens is 4. The molecule has 0 aromatic heterocycles. The van der Waals surface area contributed by atoms with E-state index in [-0.39, 0.29) is 11.7 Å². The van der Waals surface area contributed by atoms with Crippen molar-refractivity contribution in [2.24, 2.45) is 4.99 Å². The Morgan fingerprint density at radius 3 is 2.74 bits per heavy atom. The first-order valence-electron chi connectivity index (χ1n) is 5.11. The summed E-state index contributed by atoms with van der Waals surface area (Å²) in [6.07, 6.45) is 6.36. The second-order valence-corrected chi connectivity index (χ2v) is 6.46. The normalized spacial score (nSPS) is 23.2. The summed E-state index contributed by atoms with van der Waals surface area (Å²) in [5, 5.41) is 0. The third kappa shape index (κ3) is 2.92. The number of dihydropyridines is 1. The van der Waals surface area contributed by atoms with E-state index in [0.717, 1.165) is 0 Å². The van der Waals surface area contributed by atoms with Gasteiger partial charge in [-0.25, -0.2) is 0 Å². The quantitative estimate of drug-likeness (QED) is 0.825. The number of hydrogen-bond acceptors (Lipinski definition) is 3. The molecule has 0 fully saturated rings. The molecule has 0 radical (unpaired) electrons. The molecule has 4 nitrogen and oxygen atoms in total. The van der Waals surface area contributed by atoms with E-state index >= 15 is 0 Å². The Labute approximate surface area is 116 Å². The Bertz CT molecular complexity index is 617. The molecule has 0 aromatic carbocycles. The van der Waals surface area contributed by atoms with Gasteiger partial charge in [0.1, 0.15) is 0 Å². The first-order chi connectivity index (χ1) is 8.71. The molecular formula is C10H8BrF3N2O2S. The minimum Gasteiger partial charge on any atom is -0.285 e. The van der Waals surface area contributed by atoms with Crippen LogP contribution in [0.5, 0.6) is 0 Å². The maximum Gasteiger partial charge on any atom is 0.516 e. The van der Waals surface area contributed by atoms with Crippen LogP contribution in [-0.2, 0) is 10.0 Å². The zero-order valence-corrected chi connectivity index (χ0v) is 11.7. The highest BCUT2D eigenvalue weighted by atomic mass is 79.9. The van der Waals surface area contributed by atoms with E-state index in [9.17, 15) is 21.6 Å². The fraction of sp³-hybridized carbons (Fsp3) is 0.300. The zero-order chi connectivity index (χ0) is 14.3. The third-order valence-electron chi connectivity index (χ3n) is 2.56. The number of aliphatic imine (C=N–C) groups is 1. The number of nitrogens with one attached hydrogen (secondary N) is 1. The summed E-state index contributed by atoms with van der Waals surface area (Å²) < 4.78 is 61.4. The standard InChI is InChI=1S/C10H8BrF3N2O2S/c11-6-1-2-8-7(5-6)9(3-4-15-8)16-19(17,18)10(12,13)14/h1,3-5,8,16H,2H2. The van der Waals surface area contributed by atoms with Gasteiger partial charge >= 0.3 is 15.5 Å². The van der Waals surface area contributed by atoms with Crippen LogP contribution in [0.25, 0.3) is 0 Å². The molecular weight excluding hydrogens is 349 g/mol. The highest BCUT2D eigenvalue weighted by Gasteiger charge is 2.46. The van der Waals surface area contributed by atoms with E-state index in [2.05, 4.69) is 20.9 Å². The van der Waals surface area contributed by atoms with E-state index < -0.39 is 15.5 Å². The van der Waals surface area contributed by atoms with Crippen LogP contribution in [0.4, 0.5) is 13.2 Å². The first kappa shape index (κ1) is 14.3. The molecule has 1 aliphatic carbocycles. The van der Waals surface area contributed by atoms with Crippen LogP contribution in [0.1, 0.15) is 6.42 Å². The van der Waals surface area contributed by atoms with Crippen molar-refractivity contribution in [1.82, 2.24) is 4.72 Å². The average Bonchev–Trinajstić information content (AvgIpc) is 2.28. The van der Waals surface area contributed by atoms with Crippen molar-refractivity contribution < 1.29 is 21.6 Å². The highest BCUT2D eigenvalue weighted by Crippen LogP contribution is 2.31. The molecule has 9 heteroatoms. The van der Waals surface area contributed by atoms with E-state index in [4.69, 9.17) is 0 Å². The molecule has 0 saturated carbocycles. The Kier molecular flexibility index (Phi) is 3.61. The monoisotopic (exact) mass is 356 g/mol. The molecule has 2 rings (SSSR count). The van der Waals surface area contributed by atoms with Crippen LogP contribution in [0, 0.1) is 0 Å². The Hall–Kier alpha value is -1.09. The second kappa shape index (κ2) is 4.78. The van der Waals surface area contributed by atoms with Crippen molar-refractivity contribution in [2.45, 2.75) is 18.0 Å². The molecule has 1 atom stereocenters. The lowest BCUT2D eigenvalue weighted by Gasteiger charge is -2.25. The molecule has 0 bridgehead atoms. The van der Waals surface area contributed by atoms with Gasteiger partial charge in [0, 0.05) is 16.3 Å². The molecule has 1 unspecified atom stereocenters. The van der Waals surface area contributed by atoms with Gasteiger partial charge in [-0.1, -0.05) is 22.0 Å². The fourth-order valence-corrected chi connectivity index (χ4v) is 2.69. The van der Waals surface area contributed by atoms with Gasteiger partial charge in [-0.05, 0) is 18.6 Å². The number of hydrogen-bond donors (Lipinski definition) is 1. The number of alkyl halides is 3. The minimum atomic E-state index is -5.42. The zero-order valence-electron chi connectivity index (χ0n) is 9.28. The van der Waals surface area contributed by atoms with Crippen molar-refractivity contribution >= 4 is 32.2 Å². The summed E-state index contributed by atoms with van der Waals surface area (Å²) in [4.78, 5) is 4.08. The van der Waals surface area contributed by atoms with Crippen LogP contribution >= 0.6 is 15.9 Å². The summed E-state index contributed by atoms with van der Waals surface area (Å²) in [6.45, 7) is 0. The van der Waals surface area contributed by atoms with E-state index in [1.54, 1.807) is 10.8 Å². The van der Waals surface area contributed by atoms with Gasteiger partial charge in [-0.2, -0.15) is 21.6 Å². The van der Waals surface area contributed by atoms with Crippen LogP contribution in [0.2, 0.25) is 0 Å². The smallest absolute Gasteiger partial charge is 0.285 e. The maximum atomic E-state index is 12.3. The molecule has 2 aliphatic rings. The Morgan fingerprint density at radius 1 is 1.42 bits per heavy atom. The summed E-state index contributed by atoms with van der Waals surface area (Å²) >= 11 is 3.20. The number of allylic oxidation sites excluding steroid dienone is 3. The lowest BCUT2D eigenvalue weighted by molar-refractivity contribution is -0.0444. The number of rotatable bonds is 2. The van der Waals surface area contributed by atoms with Gasteiger partial charge in [-0.15, -0.1) is 0 Å². The fourth-order valence-electron chi connectivity index (χ4n) is 1.67. The van der Waals surface area contributed by atoms with E-state index in [0.29, 0.717) is 16.5 Å². The molecule has 104 valence electrons. The van der Waals surface area contributed by atoms with Gasteiger partial charge in [0.15, 0.2) is 0 Å². The van der Waals surface area contributed by atoms with Gasteiger partial charge in [-0.3, -0.25) is 9.71 Å². The molecule has 0 amide bonds. The van der Waals surface area contributed by atoms with Gasteiger partial charge in [0.2, 0.25) is 0 Å². The lowest BCUT2D eigenvalue weighted by Crippen LogP contribution is -2.38. The van der Waals surface area contributed by atoms with Crippen LogP contribution in [0.15, 0.2) is 39.0 Å². The van der Waals surface area contributed by atoms with Gasteiger partial charge in [0.05, 0.1) is 11.7 Å². The summed E-state index contributed by atoms with van der Waals surface area (Å²) in [5.74, 6) is 0. The van der Waals surface area contributed by atoms with Crippen molar-refractivity contribution in [3.63, 3.8) is 0 Å². The maximum absolute atomic E-state index is 12.3. The molecule has 0 spiro atoms. The average molecular weight is 357 g/mol. The van der Waals surface area contributed by atoms with E-state index in [1.807, 2.05) is 6.08 Å². The SMILES string of the molecule is O=S(=O)(NC1=CC=NC2CC=C(Br)C=C12)C(F)(F)F. The first-order valence-corrected chi connectivity index (χ1v) is 7.38. The van der Waals surface area contributed by atoms with Crippen LogP contribution < -0.4 is 4.72 Å². The molecule has 1 aliphatic heterocycles. The largest absolute Gasteiger partial charge is 0.516 e. The topological polar surface area (TPSA) is 58.5 Å².